The van der Waals surface area contributed by atoms with E-state index in [1.54, 1.807) is 12.4 Å². The lowest BCUT2D eigenvalue weighted by molar-refractivity contribution is -0.114. The molecule has 5 nitrogen and oxygen atoms in total. The highest BCUT2D eigenvalue weighted by molar-refractivity contribution is 5.89. The van der Waals surface area contributed by atoms with E-state index in [4.69, 9.17) is 0 Å². The number of pyridine rings is 1. The summed E-state index contributed by atoms with van der Waals surface area (Å²) in [7, 11) is 3.98. The average Bonchev–Trinajstić information content (AvgIpc) is 2.46. The third-order valence-corrected chi connectivity index (χ3v) is 3.08. The van der Waals surface area contributed by atoms with Gasteiger partial charge in [-0.15, -0.1) is 0 Å². The second-order valence-corrected chi connectivity index (χ2v) is 4.98. The smallest absolute Gasteiger partial charge is 0.221 e. The number of benzene rings is 1. The van der Waals surface area contributed by atoms with Crippen molar-refractivity contribution in [1.29, 1.82) is 0 Å². The first kappa shape index (κ1) is 14.8. The Morgan fingerprint density at radius 2 is 1.95 bits per heavy atom. The molecule has 0 saturated carbocycles. The quantitative estimate of drug-likeness (QED) is 0.886. The zero-order valence-electron chi connectivity index (χ0n) is 12.6. The Labute approximate surface area is 125 Å². The molecule has 2 rings (SSSR count). The molecule has 0 radical (unpaired) electrons. The van der Waals surface area contributed by atoms with Gasteiger partial charge >= 0.3 is 0 Å². The van der Waals surface area contributed by atoms with E-state index in [1.807, 2.05) is 49.3 Å². The van der Waals surface area contributed by atoms with Crippen LogP contribution in [0.5, 0.6) is 0 Å². The molecule has 0 aliphatic heterocycles. The molecule has 0 bridgehead atoms. The Morgan fingerprint density at radius 3 is 2.67 bits per heavy atom. The maximum Gasteiger partial charge on any atom is 0.221 e. The lowest BCUT2D eigenvalue weighted by Gasteiger charge is -2.18. The maximum absolute atomic E-state index is 11.2. The lowest BCUT2D eigenvalue weighted by atomic mass is 10.1. The number of hydrogen-bond donors (Lipinski definition) is 2. The van der Waals surface area contributed by atoms with Crippen LogP contribution in [0.3, 0.4) is 0 Å². The number of amides is 1. The zero-order chi connectivity index (χ0) is 15.2. The molecule has 1 aromatic heterocycles. The van der Waals surface area contributed by atoms with Gasteiger partial charge in [0.1, 0.15) is 0 Å². The predicted molar refractivity (Wildman–Crippen MR) is 86.6 cm³/mol. The number of rotatable bonds is 5. The van der Waals surface area contributed by atoms with Gasteiger partial charge in [0.2, 0.25) is 5.91 Å². The van der Waals surface area contributed by atoms with E-state index in [-0.39, 0.29) is 5.91 Å². The van der Waals surface area contributed by atoms with Gasteiger partial charge in [-0.2, -0.15) is 0 Å². The highest BCUT2D eigenvalue weighted by atomic mass is 16.1. The number of nitrogens with zero attached hydrogens (tertiary/aromatic N) is 2. The molecular formula is C16H20N4O. The molecule has 5 heteroatoms. The lowest BCUT2D eigenvalue weighted by Crippen LogP contribution is -2.13. The summed E-state index contributed by atoms with van der Waals surface area (Å²) in [5, 5.41) is 6.21. The molecule has 110 valence electrons. The van der Waals surface area contributed by atoms with E-state index < -0.39 is 0 Å². The third-order valence-electron chi connectivity index (χ3n) is 3.08. The Balaban J connectivity index is 2.15. The number of carbonyl (C=O) groups is 1. The number of para-hydroxylation sites is 1. The van der Waals surface area contributed by atoms with Crippen molar-refractivity contribution in [2.24, 2.45) is 0 Å². The van der Waals surface area contributed by atoms with Gasteiger partial charge in [-0.3, -0.25) is 9.78 Å². The van der Waals surface area contributed by atoms with Crippen LogP contribution in [0.15, 0.2) is 42.7 Å². The number of aromatic nitrogens is 1. The van der Waals surface area contributed by atoms with E-state index in [9.17, 15) is 4.79 Å². The fourth-order valence-corrected chi connectivity index (χ4v) is 2.09. The fraction of sp³-hybridized carbons (Fsp3) is 0.250. The van der Waals surface area contributed by atoms with Crippen molar-refractivity contribution >= 4 is 23.0 Å². The minimum absolute atomic E-state index is 0.0715. The van der Waals surface area contributed by atoms with Crippen molar-refractivity contribution < 1.29 is 4.79 Å². The van der Waals surface area contributed by atoms with Gasteiger partial charge in [-0.1, -0.05) is 18.2 Å². The maximum atomic E-state index is 11.2. The molecule has 2 N–H and O–H groups in total. The Bertz CT molecular complexity index is 625. The van der Waals surface area contributed by atoms with Gasteiger partial charge < -0.3 is 15.5 Å². The third kappa shape index (κ3) is 3.95. The number of hydrogen-bond acceptors (Lipinski definition) is 4. The molecule has 1 heterocycles. The van der Waals surface area contributed by atoms with Gasteiger partial charge in [0.25, 0.3) is 0 Å². The second-order valence-electron chi connectivity index (χ2n) is 4.98. The molecule has 1 amide bonds. The molecule has 0 fully saturated rings. The predicted octanol–water partition coefficient (Wildman–Crippen LogP) is 2.72. The van der Waals surface area contributed by atoms with E-state index >= 15 is 0 Å². The minimum atomic E-state index is -0.0715. The van der Waals surface area contributed by atoms with Crippen LogP contribution in [0.25, 0.3) is 0 Å². The zero-order valence-corrected chi connectivity index (χ0v) is 12.6. The molecule has 0 spiro atoms. The summed E-state index contributed by atoms with van der Waals surface area (Å²) in [4.78, 5) is 17.4. The summed E-state index contributed by atoms with van der Waals surface area (Å²) in [5.74, 6) is -0.0715. The monoisotopic (exact) mass is 284 g/mol. The first-order chi connectivity index (χ1) is 10.1. The first-order valence-corrected chi connectivity index (χ1v) is 6.78. The summed E-state index contributed by atoms with van der Waals surface area (Å²) in [6.45, 7) is 2.12. The number of carbonyl (C=O) groups excluding carboxylic acids is 1. The Kier molecular flexibility index (Phi) is 4.77. The van der Waals surface area contributed by atoms with Crippen molar-refractivity contribution in [2.75, 3.05) is 29.6 Å². The van der Waals surface area contributed by atoms with Crippen LogP contribution in [-0.2, 0) is 11.3 Å². The van der Waals surface area contributed by atoms with Crippen molar-refractivity contribution in [3.63, 3.8) is 0 Å². The molecule has 1 aromatic carbocycles. The van der Waals surface area contributed by atoms with Crippen LogP contribution in [0, 0.1) is 0 Å². The highest BCUT2D eigenvalue weighted by Crippen LogP contribution is 2.24. The van der Waals surface area contributed by atoms with Crippen molar-refractivity contribution in [2.45, 2.75) is 13.5 Å². The van der Waals surface area contributed by atoms with Crippen LogP contribution in [0.4, 0.5) is 17.1 Å². The standard InChI is InChI=1S/C16H20N4O/c1-12(21)19-14-7-5-4-6-13(14)10-18-15-11-17-9-8-16(15)20(2)3/h4-9,11,18H,10H2,1-3H3,(H,19,21). The summed E-state index contributed by atoms with van der Waals surface area (Å²) in [5.41, 5.74) is 3.89. The van der Waals surface area contributed by atoms with Crippen LogP contribution in [-0.4, -0.2) is 25.0 Å². The molecule has 2 aromatic rings. The van der Waals surface area contributed by atoms with Crippen molar-refractivity contribution in [1.82, 2.24) is 4.98 Å². The van der Waals surface area contributed by atoms with Crippen molar-refractivity contribution in [3.05, 3.63) is 48.3 Å². The van der Waals surface area contributed by atoms with Crippen LogP contribution in [0.1, 0.15) is 12.5 Å². The molecule has 0 atom stereocenters. The highest BCUT2D eigenvalue weighted by Gasteiger charge is 2.06. The average molecular weight is 284 g/mol. The second kappa shape index (κ2) is 6.74. The minimum Gasteiger partial charge on any atom is -0.378 e. The fourth-order valence-electron chi connectivity index (χ4n) is 2.09. The summed E-state index contributed by atoms with van der Waals surface area (Å²) < 4.78 is 0. The van der Waals surface area contributed by atoms with E-state index in [0.717, 1.165) is 22.6 Å². The van der Waals surface area contributed by atoms with Gasteiger partial charge in [0, 0.05) is 39.4 Å². The molecule has 0 unspecified atom stereocenters. The van der Waals surface area contributed by atoms with E-state index in [2.05, 4.69) is 15.6 Å². The van der Waals surface area contributed by atoms with Crippen LogP contribution >= 0.6 is 0 Å². The number of anilines is 3. The molecule has 0 aliphatic rings. The topological polar surface area (TPSA) is 57.3 Å². The first-order valence-electron chi connectivity index (χ1n) is 6.78. The molecule has 0 saturated heterocycles. The van der Waals surface area contributed by atoms with Gasteiger partial charge in [0.15, 0.2) is 0 Å². The normalized spacial score (nSPS) is 10.0. The van der Waals surface area contributed by atoms with Crippen LogP contribution < -0.4 is 15.5 Å². The summed E-state index contributed by atoms with van der Waals surface area (Å²) in [6.07, 6.45) is 3.57. The summed E-state index contributed by atoms with van der Waals surface area (Å²) in [6, 6.07) is 9.71. The van der Waals surface area contributed by atoms with Crippen LogP contribution in [0.2, 0.25) is 0 Å². The van der Waals surface area contributed by atoms with Gasteiger partial charge in [-0.25, -0.2) is 0 Å². The molecule has 21 heavy (non-hydrogen) atoms. The number of nitrogens with one attached hydrogen (secondary N) is 2. The molecule has 0 aliphatic carbocycles. The molecular weight excluding hydrogens is 264 g/mol. The largest absolute Gasteiger partial charge is 0.378 e. The van der Waals surface area contributed by atoms with E-state index in [0.29, 0.717) is 6.54 Å². The van der Waals surface area contributed by atoms with E-state index in [1.165, 1.54) is 6.92 Å². The SMILES string of the molecule is CC(=O)Nc1ccccc1CNc1cnccc1N(C)C. The van der Waals surface area contributed by atoms with Crippen molar-refractivity contribution in [3.8, 4) is 0 Å². The van der Waals surface area contributed by atoms with Gasteiger partial charge in [-0.05, 0) is 17.7 Å². The van der Waals surface area contributed by atoms with Gasteiger partial charge in [0.05, 0.1) is 17.6 Å². The Hall–Kier alpha value is -2.56. The Morgan fingerprint density at radius 1 is 1.19 bits per heavy atom. The summed E-state index contributed by atoms with van der Waals surface area (Å²) >= 11 is 0.